The Morgan fingerprint density at radius 1 is 1.06 bits per heavy atom. The summed E-state index contributed by atoms with van der Waals surface area (Å²) in [6.45, 7) is 2.00. The van der Waals surface area contributed by atoms with E-state index in [1.807, 2.05) is 49.4 Å². The molecular weight excluding hydrogens is 422 g/mol. The molecule has 1 aliphatic heterocycles. The van der Waals surface area contributed by atoms with E-state index in [0.717, 1.165) is 16.8 Å². The number of nitrogens with one attached hydrogen (secondary N) is 2. The molecule has 0 atom stereocenters. The van der Waals surface area contributed by atoms with Gasteiger partial charge in [-0.25, -0.2) is 4.99 Å². The molecule has 32 heavy (non-hydrogen) atoms. The second kappa shape index (κ2) is 9.53. The predicted octanol–water partition coefficient (Wildman–Crippen LogP) is 5.15. The quantitative estimate of drug-likeness (QED) is 0.535. The Labute approximate surface area is 190 Å². The molecule has 1 aliphatic rings. The standard InChI is InChI=1S/C25H21N3O3S/c1-16-5-3-7-19(13-16)27-25-28-24(30)22(32-25)15-17-6-4-8-20(14-17)26-23(29)18-9-11-21(31-2)12-10-18/h3-15H,1-2H3,(H,26,29)(H,27,28,30). The van der Waals surface area contributed by atoms with Crippen LogP contribution in [0.15, 0.2) is 82.7 Å². The number of ether oxygens (including phenoxy) is 1. The number of anilines is 1. The zero-order valence-electron chi connectivity index (χ0n) is 17.6. The van der Waals surface area contributed by atoms with Crippen LogP contribution in [0.5, 0.6) is 5.75 Å². The van der Waals surface area contributed by atoms with E-state index in [9.17, 15) is 9.59 Å². The highest BCUT2D eigenvalue weighted by Crippen LogP contribution is 2.28. The van der Waals surface area contributed by atoms with E-state index < -0.39 is 0 Å². The number of nitrogens with zero attached hydrogens (tertiary/aromatic N) is 1. The van der Waals surface area contributed by atoms with E-state index in [0.29, 0.717) is 27.1 Å². The monoisotopic (exact) mass is 443 g/mol. The van der Waals surface area contributed by atoms with E-state index in [1.54, 1.807) is 43.5 Å². The first-order chi connectivity index (χ1) is 15.5. The molecule has 0 unspecified atom stereocenters. The van der Waals surface area contributed by atoms with Gasteiger partial charge in [-0.1, -0.05) is 24.3 Å². The van der Waals surface area contributed by atoms with Gasteiger partial charge in [0.05, 0.1) is 17.7 Å². The number of aryl methyl sites for hydroxylation is 1. The summed E-state index contributed by atoms with van der Waals surface area (Å²) in [7, 11) is 1.58. The highest BCUT2D eigenvalue weighted by molar-refractivity contribution is 8.18. The van der Waals surface area contributed by atoms with Crippen molar-refractivity contribution in [2.45, 2.75) is 6.92 Å². The fraction of sp³-hybridized carbons (Fsp3) is 0.0800. The second-order valence-electron chi connectivity index (χ2n) is 7.13. The Hall–Kier alpha value is -3.84. The van der Waals surface area contributed by atoms with Crippen molar-refractivity contribution in [1.82, 2.24) is 5.32 Å². The first-order valence-corrected chi connectivity index (χ1v) is 10.7. The summed E-state index contributed by atoms with van der Waals surface area (Å²) in [5, 5.41) is 6.21. The van der Waals surface area contributed by atoms with Gasteiger partial charge >= 0.3 is 0 Å². The van der Waals surface area contributed by atoms with Gasteiger partial charge in [-0.15, -0.1) is 0 Å². The molecule has 3 aromatic carbocycles. The van der Waals surface area contributed by atoms with Crippen LogP contribution in [-0.4, -0.2) is 24.1 Å². The zero-order chi connectivity index (χ0) is 22.5. The topological polar surface area (TPSA) is 79.8 Å². The number of carbonyl (C=O) groups is 2. The van der Waals surface area contributed by atoms with Crippen LogP contribution in [0.3, 0.4) is 0 Å². The van der Waals surface area contributed by atoms with Crippen molar-refractivity contribution in [3.63, 3.8) is 0 Å². The molecule has 1 saturated heterocycles. The van der Waals surface area contributed by atoms with Crippen molar-refractivity contribution in [3.8, 4) is 5.75 Å². The Morgan fingerprint density at radius 3 is 2.59 bits per heavy atom. The van der Waals surface area contributed by atoms with Gasteiger partial charge in [0.2, 0.25) is 0 Å². The minimum atomic E-state index is -0.224. The molecule has 0 spiro atoms. The minimum absolute atomic E-state index is 0.200. The molecule has 0 saturated carbocycles. The molecule has 6 nitrogen and oxygen atoms in total. The average Bonchev–Trinajstić information content (AvgIpc) is 3.12. The molecule has 0 aromatic heterocycles. The van der Waals surface area contributed by atoms with E-state index in [1.165, 1.54) is 11.8 Å². The molecule has 2 amide bonds. The Bertz CT molecular complexity index is 1230. The molecule has 0 aliphatic carbocycles. The van der Waals surface area contributed by atoms with Gasteiger partial charge in [0.15, 0.2) is 5.17 Å². The first kappa shape index (κ1) is 21.4. The van der Waals surface area contributed by atoms with E-state index in [4.69, 9.17) is 4.74 Å². The van der Waals surface area contributed by atoms with Crippen LogP contribution in [0.25, 0.3) is 6.08 Å². The lowest BCUT2D eigenvalue weighted by Gasteiger charge is -2.07. The van der Waals surface area contributed by atoms with Crippen LogP contribution in [0.1, 0.15) is 21.5 Å². The highest BCUT2D eigenvalue weighted by Gasteiger charge is 2.23. The van der Waals surface area contributed by atoms with Crippen LogP contribution in [0.2, 0.25) is 0 Å². The number of carbonyl (C=O) groups excluding carboxylic acids is 2. The van der Waals surface area contributed by atoms with Crippen molar-refractivity contribution in [2.75, 3.05) is 12.4 Å². The fourth-order valence-electron chi connectivity index (χ4n) is 3.10. The molecule has 4 rings (SSSR count). The number of rotatable bonds is 5. The fourth-order valence-corrected chi connectivity index (χ4v) is 3.94. The maximum atomic E-state index is 12.5. The molecule has 160 valence electrons. The summed E-state index contributed by atoms with van der Waals surface area (Å²) < 4.78 is 5.12. The van der Waals surface area contributed by atoms with Gasteiger partial charge in [-0.05, 0) is 84.4 Å². The normalized spacial score (nSPS) is 15.6. The summed E-state index contributed by atoms with van der Waals surface area (Å²) in [5.74, 6) is 0.264. The maximum Gasteiger partial charge on any atom is 0.264 e. The number of hydrogen-bond donors (Lipinski definition) is 2. The third-order valence-corrected chi connectivity index (χ3v) is 5.59. The molecule has 0 radical (unpaired) electrons. The SMILES string of the molecule is COc1ccc(C(=O)Nc2cccc(C=C3SC(=Nc4cccc(C)c4)NC3=O)c2)cc1. The van der Waals surface area contributed by atoms with E-state index >= 15 is 0 Å². The van der Waals surface area contributed by atoms with Gasteiger partial charge in [0.1, 0.15) is 5.75 Å². The van der Waals surface area contributed by atoms with Crippen LogP contribution in [0.4, 0.5) is 11.4 Å². The Morgan fingerprint density at radius 2 is 1.84 bits per heavy atom. The van der Waals surface area contributed by atoms with Gasteiger partial charge in [0, 0.05) is 11.3 Å². The van der Waals surface area contributed by atoms with E-state index in [-0.39, 0.29) is 11.8 Å². The smallest absolute Gasteiger partial charge is 0.264 e. The van der Waals surface area contributed by atoms with Crippen LogP contribution in [-0.2, 0) is 4.79 Å². The summed E-state index contributed by atoms with van der Waals surface area (Å²) in [6.07, 6.45) is 1.78. The largest absolute Gasteiger partial charge is 0.497 e. The summed E-state index contributed by atoms with van der Waals surface area (Å²) >= 11 is 1.29. The Balaban J connectivity index is 1.48. The number of thioether (sulfide) groups is 1. The number of amides is 2. The lowest BCUT2D eigenvalue weighted by molar-refractivity contribution is -0.115. The maximum absolute atomic E-state index is 12.5. The third-order valence-electron chi connectivity index (χ3n) is 4.68. The van der Waals surface area contributed by atoms with Gasteiger partial charge in [0.25, 0.3) is 11.8 Å². The van der Waals surface area contributed by atoms with Crippen molar-refractivity contribution in [3.05, 3.63) is 94.4 Å². The first-order valence-electron chi connectivity index (χ1n) is 9.92. The lowest BCUT2D eigenvalue weighted by Crippen LogP contribution is -2.19. The summed E-state index contributed by atoms with van der Waals surface area (Å²) in [6, 6.07) is 22.0. The van der Waals surface area contributed by atoms with Crippen LogP contribution in [0, 0.1) is 6.92 Å². The number of hydrogen-bond acceptors (Lipinski definition) is 5. The molecule has 7 heteroatoms. The Kier molecular flexibility index (Phi) is 6.37. The molecule has 1 fully saturated rings. The highest BCUT2D eigenvalue weighted by atomic mass is 32.2. The van der Waals surface area contributed by atoms with Crippen molar-refractivity contribution < 1.29 is 14.3 Å². The predicted molar refractivity (Wildman–Crippen MR) is 129 cm³/mol. The van der Waals surface area contributed by atoms with Crippen LogP contribution >= 0.6 is 11.8 Å². The zero-order valence-corrected chi connectivity index (χ0v) is 18.4. The van der Waals surface area contributed by atoms with Crippen molar-refractivity contribution >= 4 is 46.2 Å². The molecular formula is C25H21N3O3S. The van der Waals surface area contributed by atoms with Gasteiger partial charge in [-0.2, -0.15) is 0 Å². The number of benzene rings is 3. The van der Waals surface area contributed by atoms with E-state index in [2.05, 4.69) is 15.6 Å². The van der Waals surface area contributed by atoms with Gasteiger partial charge < -0.3 is 15.4 Å². The number of amidine groups is 1. The lowest BCUT2D eigenvalue weighted by atomic mass is 10.1. The van der Waals surface area contributed by atoms with Crippen LogP contribution < -0.4 is 15.4 Å². The van der Waals surface area contributed by atoms with Crippen molar-refractivity contribution in [1.29, 1.82) is 0 Å². The third kappa shape index (κ3) is 5.25. The number of methoxy groups -OCH3 is 1. The second-order valence-corrected chi connectivity index (χ2v) is 8.16. The molecule has 0 bridgehead atoms. The number of aliphatic imine (C=N–C) groups is 1. The molecule has 1 heterocycles. The minimum Gasteiger partial charge on any atom is -0.497 e. The van der Waals surface area contributed by atoms with Gasteiger partial charge in [-0.3, -0.25) is 9.59 Å². The average molecular weight is 444 g/mol. The molecule has 2 N–H and O–H groups in total. The molecule has 3 aromatic rings. The summed E-state index contributed by atoms with van der Waals surface area (Å²) in [5.41, 5.74) is 3.85. The summed E-state index contributed by atoms with van der Waals surface area (Å²) in [4.78, 5) is 29.9. The van der Waals surface area contributed by atoms with Crippen molar-refractivity contribution in [2.24, 2.45) is 4.99 Å².